The largest absolute Gasteiger partial charge is 0.453 e. The SMILES string of the molecule is COCOC(=O)NNc1cc(-n2c(=O)n(-c3ccc(C)c(NC(=O)OC)c3)c(=O)n(-c3ccc(C)c(NC(=O)OCOC)c3)c2=O)ccc1C. The third kappa shape index (κ3) is 8.17. The molecular weight excluding hydrogens is 658 g/mol. The molecule has 0 unspecified atom stereocenters. The lowest BCUT2D eigenvalue weighted by atomic mass is 10.1. The van der Waals surface area contributed by atoms with Crippen LogP contribution in [-0.4, -0.2) is 66.9 Å². The molecule has 0 spiro atoms. The van der Waals surface area contributed by atoms with Crippen molar-refractivity contribution in [2.45, 2.75) is 20.8 Å². The van der Waals surface area contributed by atoms with E-state index in [0.29, 0.717) is 16.7 Å². The van der Waals surface area contributed by atoms with E-state index in [1.54, 1.807) is 39.0 Å². The average molecular weight is 694 g/mol. The Morgan fingerprint density at radius 2 is 0.940 bits per heavy atom. The zero-order valence-electron chi connectivity index (χ0n) is 27.9. The molecular formula is C32H35N7O11. The molecule has 0 saturated heterocycles. The maximum Gasteiger partial charge on any atom is 0.428 e. The highest BCUT2D eigenvalue weighted by Gasteiger charge is 2.22. The van der Waals surface area contributed by atoms with Gasteiger partial charge in [-0.3, -0.25) is 16.1 Å². The van der Waals surface area contributed by atoms with Gasteiger partial charge in [0.1, 0.15) is 0 Å². The standard InChI is InChI=1S/C32H35N7O11/c1-18-7-10-21(13-24(18)33-27(40)48-6)37-30(43)38(22-11-8-19(2)25(14-22)34-28(41)49-16-46-4)32(45)39(31(37)44)23-12-9-20(3)26(15-23)35-36-29(42)50-17-47-5/h7-15,35H,16-17H2,1-6H3,(H,33,40)(H,34,41)(H,36,42). The fraction of sp³-hybridized carbons (Fsp3) is 0.250. The zero-order chi connectivity index (χ0) is 36.5. The number of aromatic nitrogens is 3. The van der Waals surface area contributed by atoms with E-state index >= 15 is 0 Å². The maximum absolute atomic E-state index is 14.2. The van der Waals surface area contributed by atoms with Crippen molar-refractivity contribution in [1.29, 1.82) is 0 Å². The van der Waals surface area contributed by atoms with Crippen LogP contribution in [0.5, 0.6) is 0 Å². The second kappa shape index (κ2) is 16.1. The topological polar surface area (TPSA) is 211 Å². The van der Waals surface area contributed by atoms with E-state index in [-0.39, 0.29) is 47.7 Å². The van der Waals surface area contributed by atoms with Crippen LogP contribution in [0.25, 0.3) is 17.1 Å². The third-order valence-electron chi connectivity index (χ3n) is 7.16. The molecule has 0 aliphatic rings. The molecule has 4 N–H and O–H groups in total. The van der Waals surface area contributed by atoms with Gasteiger partial charge in [-0.1, -0.05) is 18.2 Å². The van der Waals surface area contributed by atoms with Gasteiger partial charge in [-0.15, -0.1) is 0 Å². The van der Waals surface area contributed by atoms with Gasteiger partial charge in [0.15, 0.2) is 13.6 Å². The number of aryl methyl sites for hydroxylation is 3. The molecule has 50 heavy (non-hydrogen) atoms. The molecule has 3 aromatic carbocycles. The number of rotatable bonds is 11. The number of carbonyl (C=O) groups excluding carboxylic acids is 3. The number of hydrogen-bond acceptors (Lipinski definition) is 12. The average Bonchev–Trinajstić information content (AvgIpc) is 3.09. The molecule has 0 atom stereocenters. The minimum Gasteiger partial charge on any atom is -0.453 e. The van der Waals surface area contributed by atoms with Gasteiger partial charge in [-0.2, -0.15) is 0 Å². The Morgan fingerprint density at radius 1 is 0.560 bits per heavy atom. The predicted molar refractivity (Wildman–Crippen MR) is 181 cm³/mol. The first-order chi connectivity index (χ1) is 23.9. The van der Waals surface area contributed by atoms with Crippen molar-refractivity contribution >= 4 is 35.3 Å². The van der Waals surface area contributed by atoms with E-state index in [2.05, 4.69) is 21.5 Å². The quantitative estimate of drug-likeness (QED) is 0.101. The first-order valence-corrected chi connectivity index (χ1v) is 14.7. The number of anilines is 3. The lowest BCUT2D eigenvalue weighted by Gasteiger charge is -2.18. The van der Waals surface area contributed by atoms with Crippen molar-refractivity contribution < 1.29 is 38.1 Å². The molecule has 0 fully saturated rings. The van der Waals surface area contributed by atoms with Gasteiger partial charge >= 0.3 is 35.3 Å². The van der Waals surface area contributed by atoms with E-state index in [0.717, 1.165) is 13.7 Å². The minimum atomic E-state index is -1.06. The number of hydrogen-bond donors (Lipinski definition) is 4. The van der Waals surface area contributed by atoms with Crippen molar-refractivity contribution in [3.05, 3.63) is 103 Å². The number of nitrogens with zero attached hydrogens (tertiary/aromatic N) is 3. The molecule has 0 aliphatic heterocycles. The van der Waals surface area contributed by atoms with Crippen LogP contribution >= 0.6 is 0 Å². The Bertz CT molecular complexity index is 2100. The van der Waals surface area contributed by atoms with Crippen molar-refractivity contribution in [1.82, 2.24) is 19.1 Å². The van der Waals surface area contributed by atoms with Crippen LogP contribution in [0.2, 0.25) is 0 Å². The Morgan fingerprint density at radius 3 is 1.36 bits per heavy atom. The molecule has 18 heteroatoms. The molecule has 0 aliphatic carbocycles. The van der Waals surface area contributed by atoms with Gasteiger partial charge in [-0.25, -0.2) is 47.9 Å². The second-order valence-electron chi connectivity index (χ2n) is 10.5. The monoisotopic (exact) mass is 693 g/mol. The van der Waals surface area contributed by atoms with Crippen LogP contribution in [0, 0.1) is 20.8 Å². The molecule has 1 aromatic heterocycles. The number of ether oxygens (including phenoxy) is 5. The van der Waals surface area contributed by atoms with Gasteiger partial charge in [0.05, 0.1) is 29.9 Å². The maximum atomic E-state index is 14.2. The highest BCUT2D eigenvalue weighted by Crippen LogP contribution is 2.22. The summed E-state index contributed by atoms with van der Waals surface area (Å²) in [5.74, 6) is 0. The number of hydrazine groups is 1. The summed E-state index contributed by atoms with van der Waals surface area (Å²) in [6, 6.07) is 13.2. The van der Waals surface area contributed by atoms with Gasteiger partial charge in [0.2, 0.25) is 0 Å². The molecule has 18 nitrogen and oxygen atoms in total. The smallest absolute Gasteiger partial charge is 0.428 e. The van der Waals surface area contributed by atoms with Gasteiger partial charge in [0.25, 0.3) is 0 Å². The highest BCUT2D eigenvalue weighted by atomic mass is 16.7. The van der Waals surface area contributed by atoms with Crippen molar-refractivity contribution in [3.63, 3.8) is 0 Å². The number of amides is 3. The fourth-order valence-corrected chi connectivity index (χ4v) is 4.55. The summed E-state index contributed by atoms with van der Waals surface area (Å²) in [5, 5.41) is 5.07. The first kappa shape index (κ1) is 36.4. The molecule has 4 aromatic rings. The third-order valence-corrected chi connectivity index (χ3v) is 7.16. The van der Waals surface area contributed by atoms with Crippen LogP contribution < -0.4 is 38.6 Å². The molecule has 3 amide bonds. The van der Waals surface area contributed by atoms with Crippen molar-refractivity contribution in [2.24, 2.45) is 0 Å². The van der Waals surface area contributed by atoms with Crippen LogP contribution in [0.4, 0.5) is 31.4 Å². The fourth-order valence-electron chi connectivity index (χ4n) is 4.55. The lowest BCUT2D eigenvalue weighted by Crippen LogP contribution is -2.52. The molecule has 1 heterocycles. The normalized spacial score (nSPS) is 10.6. The Hall–Kier alpha value is -6.40. The Labute approximate surface area is 284 Å². The Kier molecular flexibility index (Phi) is 11.8. The van der Waals surface area contributed by atoms with E-state index in [9.17, 15) is 28.8 Å². The van der Waals surface area contributed by atoms with Gasteiger partial charge < -0.3 is 23.7 Å². The summed E-state index contributed by atoms with van der Waals surface area (Å²) >= 11 is 0. The molecule has 264 valence electrons. The molecule has 4 rings (SSSR count). The van der Waals surface area contributed by atoms with Gasteiger partial charge in [-0.05, 0) is 73.9 Å². The lowest BCUT2D eigenvalue weighted by molar-refractivity contribution is 0.0127. The summed E-state index contributed by atoms with van der Waals surface area (Å²) < 4.78 is 26.1. The van der Waals surface area contributed by atoms with Crippen molar-refractivity contribution in [2.75, 3.05) is 51.0 Å². The number of nitrogens with one attached hydrogen (secondary N) is 4. The van der Waals surface area contributed by atoms with Crippen LogP contribution in [0.1, 0.15) is 16.7 Å². The molecule has 0 radical (unpaired) electrons. The van der Waals surface area contributed by atoms with E-state index in [4.69, 9.17) is 23.7 Å². The molecule has 0 saturated carbocycles. The Balaban J connectivity index is 1.97. The van der Waals surface area contributed by atoms with Crippen LogP contribution in [0.3, 0.4) is 0 Å². The van der Waals surface area contributed by atoms with E-state index < -0.39 is 35.3 Å². The predicted octanol–water partition coefficient (Wildman–Crippen LogP) is 3.05. The summed E-state index contributed by atoms with van der Waals surface area (Å²) in [6.07, 6.45) is -2.51. The van der Waals surface area contributed by atoms with Crippen LogP contribution in [-0.2, 0) is 23.7 Å². The summed E-state index contributed by atoms with van der Waals surface area (Å²) in [7, 11) is 3.86. The summed E-state index contributed by atoms with van der Waals surface area (Å²) in [5.41, 5.74) is 4.29. The number of carbonyl (C=O) groups is 3. The summed E-state index contributed by atoms with van der Waals surface area (Å²) in [4.78, 5) is 79.0. The highest BCUT2D eigenvalue weighted by molar-refractivity contribution is 5.86. The van der Waals surface area contributed by atoms with Gasteiger partial charge in [0, 0.05) is 25.6 Å². The molecule has 0 bridgehead atoms. The van der Waals surface area contributed by atoms with Crippen LogP contribution in [0.15, 0.2) is 69.0 Å². The number of methoxy groups -OCH3 is 3. The second-order valence-corrected chi connectivity index (χ2v) is 10.5. The van der Waals surface area contributed by atoms with E-state index in [1.807, 2.05) is 0 Å². The summed E-state index contributed by atoms with van der Waals surface area (Å²) in [6.45, 7) is 4.45. The minimum absolute atomic E-state index is 0.00104. The first-order valence-electron chi connectivity index (χ1n) is 14.7. The number of benzene rings is 3. The van der Waals surface area contributed by atoms with Crippen molar-refractivity contribution in [3.8, 4) is 17.1 Å². The zero-order valence-corrected chi connectivity index (χ0v) is 27.9. The van der Waals surface area contributed by atoms with E-state index in [1.165, 1.54) is 57.7 Å².